The molecule has 0 unspecified atom stereocenters. The second kappa shape index (κ2) is 7.43. The fourth-order valence-electron chi connectivity index (χ4n) is 4.74. The van der Waals surface area contributed by atoms with Crippen molar-refractivity contribution in [1.29, 1.82) is 0 Å². The van der Waals surface area contributed by atoms with Gasteiger partial charge >= 0.3 is 0 Å². The molecule has 5 aromatic rings. The summed E-state index contributed by atoms with van der Waals surface area (Å²) in [6, 6.07) is 14.6. The predicted octanol–water partition coefficient (Wildman–Crippen LogP) is 5.28. The van der Waals surface area contributed by atoms with Crippen LogP contribution in [0.2, 0.25) is 0 Å². The third-order valence-electron chi connectivity index (χ3n) is 6.79. The van der Waals surface area contributed by atoms with E-state index in [1.54, 1.807) is 11.3 Å². The molecule has 0 amide bonds. The Hall–Kier alpha value is -3.13. The maximum atomic E-state index is 9.76. The average Bonchev–Trinajstić information content (AvgIpc) is 3.47. The quantitative estimate of drug-likeness (QED) is 0.375. The summed E-state index contributed by atoms with van der Waals surface area (Å²) in [4.78, 5) is 9.81. The van der Waals surface area contributed by atoms with Crippen LogP contribution in [0.3, 0.4) is 0 Å². The van der Waals surface area contributed by atoms with Crippen molar-refractivity contribution < 1.29 is 5.11 Å². The van der Waals surface area contributed by atoms with Crippen molar-refractivity contribution in [2.24, 2.45) is 5.73 Å². The Morgan fingerprint density at radius 1 is 1.09 bits per heavy atom. The molecular formula is C27H27N5OS. The zero-order chi connectivity index (χ0) is 23.7. The molecule has 172 valence electrons. The van der Waals surface area contributed by atoms with Crippen LogP contribution in [-0.2, 0) is 11.0 Å². The molecule has 0 radical (unpaired) electrons. The number of hydrogen-bond donors (Lipinski definition) is 2. The van der Waals surface area contributed by atoms with Gasteiger partial charge in [0.25, 0.3) is 0 Å². The molecule has 1 aromatic carbocycles. The second-order valence-electron chi connectivity index (χ2n) is 10.4. The number of thiophene rings is 1. The molecule has 1 aliphatic rings. The van der Waals surface area contributed by atoms with Crippen LogP contribution in [0, 0.1) is 0 Å². The fraction of sp³-hybridized carbons (Fsp3) is 0.296. The van der Waals surface area contributed by atoms with Gasteiger partial charge in [0.1, 0.15) is 0 Å². The molecule has 7 heteroatoms. The molecule has 1 fully saturated rings. The normalized spacial score (nSPS) is 20.7. The zero-order valence-corrected chi connectivity index (χ0v) is 20.3. The highest BCUT2D eigenvalue weighted by Gasteiger charge is 2.41. The number of aliphatic hydroxyl groups is 1. The number of pyridine rings is 1. The summed E-state index contributed by atoms with van der Waals surface area (Å²) < 4.78 is 1.86. The van der Waals surface area contributed by atoms with Gasteiger partial charge in [0.15, 0.2) is 11.3 Å². The minimum Gasteiger partial charge on any atom is -0.393 e. The van der Waals surface area contributed by atoms with Gasteiger partial charge in [0, 0.05) is 39.7 Å². The Balaban J connectivity index is 1.54. The molecule has 34 heavy (non-hydrogen) atoms. The lowest BCUT2D eigenvalue weighted by Crippen LogP contribution is -2.51. The van der Waals surface area contributed by atoms with Crippen molar-refractivity contribution >= 4 is 28.0 Å². The minimum atomic E-state index is -0.443. The summed E-state index contributed by atoms with van der Waals surface area (Å²) in [6.07, 6.45) is 2.77. The van der Waals surface area contributed by atoms with E-state index in [9.17, 15) is 5.11 Å². The molecule has 0 spiro atoms. The van der Waals surface area contributed by atoms with E-state index >= 15 is 0 Å². The lowest BCUT2D eigenvalue weighted by atomic mass is 9.70. The lowest BCUT2D eigenvalue weighted by molar-refractivity contribution is 0.0209. The Morgan fingerprint density at radius 2 is 1.85 bits per heavy atom. The van der Waals surface area contributed by atoms with Crippen LogP contribution in [0.25, 0.3) is 39.1 Å². The smallest absolute Gasteiger partial charge is 0.165 e. The van der Waals surface area contributed by atoms with E-state index in [2.05, 4.69) is 72.9 Å². The first-order valence-corrected chi connectivity index (χ1v) is 12.5. The molecule has 1 aliphatic carbocycles. The van der Waals surface area contributed by atoms with Crippen LogP contribution in [0.1, 0.15) is 44.9 Å². The topological polar surface area (TPSA) is 89.3 Å². The van der Waals surface area contributed by atoms with Crippen LogP contribution in [0.15, 0.2) is 59.4 Å². The summed E-state index contributed by atoms with van der Waals surface area (Å²) in [5.74, 6) is 0. The molecule has 3 N–H and O–H groups in total. The van der Waals surface area contributed by atoms with E-state index in [0.29, 0.717) is 12.8 Å². The van der Waals surface area contributed by atoms with E-state index in [1.165, 1.54) is 0 Å². The first-order chi connectivity index (χ1) is 16.2. The van der Waals surface area contributed by atoms with Crippen LogP contribution >= 0.6 is 11.3 Å². The van der Waals surface area contributed by atoms with Gasteiger partial charge in [0.05, 0.1) is 17.5 Å². The standard InChI is InChI=1S/C27H27N5OS/c1-26(2,3)22-11-23-29-14-18-10-21(17-8-9-34-15-17)24(30-25(18)32(23)31-22)16-4-6-19(7-5-16)27(28)12-20(33)13-27/h4-11,14-15,20,33H,12-13,28H2,1-3H3/t20-,27-. The molecule has 0 atom stereocenters. The van der Waals surface area contributed by atoms with E-state index in [4.69, 9.17) is 15.8 Å². The number of hydrogen-bond acceptors (Lipinski definition) is 6. The van der Waals surface area contributed by atoms with Crippen molar-refractivity contribution in [1.82, 2.24) is 19.6 Å². The fourth-order valence-corrected chi connectivity index (χ4v) is 5.40. The monoisotopic (exact) mass is 469 g/mol. The molecule has 0 bridgehead atoms. The molecule has 6 nitrogen and oxygen atoms in total. The molecule has 4 aromatic heterocycles. The number of nitrogens with two attached hydrogens (primary N) is 1. The van der Waals surface area contributed by atoms with E-state index in [-0.39, 0.29) is 11.5 Å². The number of nitrogens with zero attached hydrogens (tertiary/aromatic N) is 4. The van der Waals surface area contributed by atoms with Gasteiger partial charge in [-0.1, -0.05) is 45.0 Å². The van der Waals surface area contributed by atoms with Crippen molar-refractivity contribution in [3.05, 3.63) is 70.7 Å². The molecular weight excluding hydrogens is 442 g/mol. The second-order valence-corrected chi connectivity index (χ2v) is 11.2. The number of aliphatic hydroxyl groups excluding tert-OH is 1. The van der Waals surface area contributed by atoms with E-state index in [1.807, 2.05) is 16.8 Å². The summed E-state index contributed by atoms with van der Waals surface area (Å²) in [5, 5.41) is 19.8. The van der Waals surface area contributed by atoms with Crippen molar-refractivity contribution in [3.8, 4) is 22.4 Å². The first kappa shape index (κ1) is 21.4. The highest BCUT2D eigenvalue weighted by atomic mass is 32.1. The summed E-state index contributed by atoms with van der Waals surface area (Å²) in [7, 11) is 0. The Morgan fingerprint density at radius 3 is 2.50 bits per heavy atom. The van der Waals surface area contributed by atoms with Crippen LogP contribution in [0.4, 0.5) is 0 Å². The van der Waals surface area contributed by atoms with Gasteiger partial charge in [0.2, 0.25) is 0 Å². The predicted molar refractivity (Wildman–Crippen MR) is 137 cm³/mol. The maximum absolute atomic E-state index is 9.76. The SMILES string of the molecule is CC(C)(C)c1cc2ncc3cc(-c4ccsc4)c(-c4ccc([C@]5(N)C[C@H](O)C5)cc4)nc3n2n1. The number of aromatic nitrogens is 4. The lowest BCUT2D eigenvalue weighted by Gasteiger charge is -2.42. The van der Waals surface area contributed by atoms with Gasteiger partial charge in [-0.3, -0.25) is 0 Å². The third-order valence-corrected chi connectivity index (χ3v) is 7.47. The van der Waals surface area contributed by atoms with Crippen molar-refractivity contribution in [3.63, 3.8) is 0 Å². The van der Waals surface area contributed by atoms with Gasteiger partial charge in [-0.2, -0.15) is 21.0 Å². The van der Waals surface area contributed by atoms with Gasteiger partial charge in [-0.25, -0.2) is 9.97 Å². The Labute approximate surface area is 202 Å². The number of benzene rings is 1. The third kappa shape index (κ3) is 3.43. The first-order valence-electron chi connectivity index (χ1n) is 11.5. The molecule has 6 rings (SSSR count). The maximum Gasteiger partial charge on any atom is 0.165 e. The molecule has 1 saturated carbocycles. The van der Waals surface area contributed by atoms with Crippen molar-refractivity contribution in [2.75, 3.05) is 0 Å². The van der Waals surface area contributed by atoms with Crippen LogP contribution in [-0.4, -0.2) is 30.8 Å². The van der Waals surface area contributed by atoms with Crippen LogP contribution in [0.5, 0.6) is 0 Å². The summed E-state index contributed by atoms with van der Waals surface area (Å²) in [5.41, 5.74) is 13.7. The highest BCUT2D eigenvalue weighted by Crippen LogP contribution is 2.40. The van der Waals surface area contributed by atoms with Gasteiger partial charge in [-0.15, -0.1) is 0 Å². The highest BCUT2D eigenvalue weighted by molar-refractivity contribution is 7.08. The largest absolute Gasteiger partial charge is 0.393 e. The Kier molecular flexibility index (Phi) is 4.68. The van der Waals surface area contributed by atoms with Crippen molar-refractivity contribution in [2.45, 2.75) is 50.7 Å². The van der Waals surface area contributed by atoms with Gasteiger partial charge < -0.3 is 10.8 Å². The minimum absolute atomic E-state index is 0.0808. The van der Waals surface area contributed by atoms with Gasteiger partial charge in [-0.05, 0) is 46.9 Å². The number of fused-ring (bicyclic) bond motifs is 3. The summed E-state index contributed by atoms with van der Waals surface area (Å²) in [6.45, 7) is 6.45. The number of rotatable bonds is 3. The van der Waals surface area contributed by atoms with E-state index in [0.717, 1.165) is 50.3 Å². The molecule has 0 saturated heterocycles. The Bertz CT molecular complexity index is 1510. The summed E-state index contributed by atoms with van der Waals surface area (Å²) >= 11 is 1.67. The van der Waals surface area contributed by atoms with Crippen LogP contribution < -0.4 is 5.73 Å². The van der Waals surface area contributed by atoms with E-state index < -0.39 is 5.54 Å². The zero-order valence-electron chi connectivity index (χ0n) is 19.5. The average molecular weight is 470 g/mol. The molecule has 4 heterocycles. The molecule has 0 aliphatic heterocycles.